The largest absolute Gasteiger partial charge is 0.416 e. The first-order valence-electron chi connectivity index (χ1n) is 8.29. The minimum atomic E-state index is -4.61. The molecule has 1 aromatic carbocycles. The van der Waals surface area contributed by atoms with E-state index in [1.807, 2.05) is 0 Å². The van der Waals surface area contributed by atoms with E-state index >= 15 is 0 Å². The van der Waals surface area contributed by atoms with Gasteiger partial charge < -0.3 is 4.52 Å². The molecule has 140 valence electrons. The van der Waals surface area contributed by atoms with E-state index in [9.17, 15) is 21.6 Å². The van der Waals surface area contributed by atoms with Crippen molar-refractivity contribution in [3.8, 4) is 0 Å². The number of nitrogens with zero attached hydrogens (tertiary/aromatic N) is 3. The molecule has 1 saturated carbocycles. The Morgan fingerprint density at radius 2 is 1.96 bits per heavy atom. The third-order valence-electron chi connectivity index (χ3n) is 4.66. The maximum atomic E-state index is 12.9. The molecule has 1 atom stereocenters. The highest BCUT2D eigenvalue weighted by molar-refractivity contribution is 7.89. The third kappa shape index (κ3) is 3.11. The fourth-order valence-electron chi connectivity index (χ4n) is 3.13. The molecule has 0 radical (unpaired) electrons. The van der Waals surface area contributed by atoms with E-state index in [1.165, 1.54) is 6.07 Å². The first-order chi connectivity index (χ1) is 12.3. The summed E-state index contributed by atoms with van der Waals surface area (Å²) in [6, 6.07) is 3.13. The second kappa shape index (κ2) is 6.05. The van der Waals surface area contributed by atoms with Crippen LogP contribution in [0.3, 0.4) is 0 Å². The van der Waals surface area contributed by atoms with Crippen molar-refractivity contribution in [2.24, 2.45) is 0 Å². The van der Waals surface area contributed by atoms with Crippen molar-refractivity contribution in [1.82, 2.24) is 14.4 Å². The monoisotopic (exact) mass is 387 g/mol. The zero-order valence-electron chi connectivity index (χ0n) is 13.6. The third-order valence-corrected chi connectivity index (χ3v) is 6.56. The summed E-state index contributed by atoms with van der Waals surface area (Å²) in [7, 11) is -4.11. The van der Waals surface area contributed by atoms with Gasteiger partial charge in [0.05, 0.1) is 10.5 Å². The van der Waals surface area contributed by atoms with Gasteiger partial charge in [-0.15, -0.1) is 0 Å². The van der Waals surface area contributed by atoms with Crippen LogP contribution in [-0.2, 0) is 16.2 Å². The topological polar surface area (TPSA) is 76.3 Å². The number of sulfonamides is 1. The zero-order valence-corrected chi connectivity index (χ0v) is 14.4. The number of hydrogen-bond acceptors (Lipinski definition) is 5. The molecule has 1 aliphatic carbocycles. The fourth-order valence-corrected chi connectivity index (χ4v) is 4.83. The number of aromatic nitrogens is 2. The lowest BCUT2D eigenvalue weighted by atomic mass is 10.2. The first kappa shape index (κ1) is 17.5. The highest BCUT2D eigenvalue weighted by Gasteiger charge is 2.41. The molecule has 0 spiro atoms. The molecule has 2 aromatic rings. The second-order valence-corrected chi connectivity index (χ2v) is 8.46. The number of rotatable bonds is 4. The van der Waals surface area contributed by atoms with Gasteiger partial charge in [-0.05, 0) is 43.9 Å². The number of benzene rings is 1. The van der Waals surface area contributed by atoms with Gasteiger partial charge in [-0.25, -0.2) is 8.42 Å². The van der Waals surface area contributed by atoms with Crippen LogP contribution in [0, 0.1) is 0 Å². The lowest BCUT2D eigenvalue weighted by molar-refractivity contribution is -0.137. The molecule has 1 saturated heterocycles. The number of halogens is 3. The van der Waals surface area contributed by atoms with Gasteiger partial charge in [0.25, 0.3) is 0 Å². The highest BCUT2D eigenvalue weighted by atomic mass is 32.2. The lowest BCUT2D eigenvalue weighted by Gasteiger charge is -2.21. The molecule has 0 bridgehead atoms. The van der Waals surface area contributed by atoms with Crippen LogP contribution in [0.1, 0.15) is 54.9 Å². The summed E-state index contributed by atoms with van der Waals surface area (Å²) in [5.74, 6) is 1.05. The Balaban J connectivity index is 1.65. The van der Waals surface area contributed by atoms with E-state index < -0.39 is 27.8 Å². The summed E-state index contributed by atoms with van der Waals surface area (Å²) in [5, 5.41) is 3.90. The average Bonchev–Trinajstić information content (AvgIpc) is 3.11. The summed E-state index contributed by atoms with van der Waals surface area (Å²) >= 11 is 0. The van der Waals surface area contributed by atoms with Crippen molar-refractivity contribution in [3.05, 3.63) is 41.5 Å². The average molecular weight is 387 g/mol. The Bertz CT molecular complexity index is 922. The molecule has 6 nitrogen and oxygen atoms in total. The van der Waals surface area contributed by atoms with Crippen LogP contribution in [0.4, 0.5) is 13.2 Å². The molecule has 2 heterocycles. The minimum absolute atomic E-state index is 0.199. The molecule has 2 aliphatic rings. The van der Waals surface area contributed by atoms with Gasteiger partial charge >= 0.3 is 6.18 Å². The Morgan fingerprint density at radius 3 is 2.65 bits per heavy atom. The normalized spacial score (nSPS) is 22.0. The van der Waals surface area contributed by atoms with Crippen LogP contribution in [0.5, 0.6) is 0 Å². The van der Waals surface area contributed by atoms with E-state index in [0.29, 0.717) is 24.7 Å². The molecule has 26 heavy (non-hydrogen) atoms. The molecule has 1 aliphatic heterocycles. The van der Waals surface area contributed by atoms with Crippen LogP contribution >= 0.6 is 0 Å². The SMILES string of the molecule is O=S(=O)(c1cccc(C(F)(F)F)c1)N1CCCC1c1nc(C2CC2)no1. The molecular weight excluding hydrogens is 371 g/mol. The van der Waals surface area contributed by atoms with Crippen molar-refractivity contribution in [2.45, 2.75) is 48.7 Å². The predicted molar refractivity (Wildman–Crippen MR) is 83.6 cm³/mol. The van der Waals surface area contributed by atoms with Gasteiger partial charge in [0, 0.05) is 12.5 Å². The summed E-state index contributed by atoms with van der Waals surface area (Å²) in [6.45, 7) is 0.199. The van der Waals surface area contributed by atoms with Crippen molar-refractivity contribution in [3.63, 3.8) is 0 Å². The van der Waals surface area contributed by atoms with Gasteiger partial charge in [-0.3, -0.25) is 0 Å². The molecular formula is C16H16F3N3O3S. The first-order valence-corrected chi connectivity index (χ1v) is 9.73. The number of hydrogen-bond donors (Lipinski definition) is 0. The van der Waals surface area contributed by atoms with Gasteiger partial charge in [0.15, 0.2) is 5.82 Å². The standard InChI is InChI=1S/C16H16F3N3O3S/c17-16(18,19)11-3-1-4-12(9-11)26(23,24)22-8-2-5-13(22)15-20-14(21-25-15)10-6-7-10/h1,3-4,9-10,13H,2,5-8H2. The van der Waals surface area contributed by atoms with Gasteiger partial charge in [0.2, 0.25) is 15.9 Å². The summed E-state index contributed by atoms with van der Waals surface area (Å²) in [4.78, 5) is 3.92. The fraction of sp³-hybridized carbons (Fsp3) is 0.500. The van der Waals surface area contributed by atoms with Crippen LogP contribution in [0.15, 0.2) is 33.7 Å². The Hall–Kier alpha value is -1.94. The van der Waals surface area contributed by atoms with E-state index in [1.54, 1.807) is 0 Å². The van der Waals surface area contributed by atoms with Crippen LogP contribution in [-0.4, -0.2) is 29.4 Å². The minimum Gasteiger partial charge on any atom is -0.338 e. The van der Waals surface area contributed by atoms with Gasteiger partial charge in [-0.1, -0.05) is 11.2 Å². The zero-order chi connectivity index (χ0) is 18.5. The van der Waals surface area contributed by atoms with Gasteiger partial charge in [0.1, 0.15) is 6.04 Å². The quantitative estimate of drug-likeness (QED) is 0.803. The molecule has 2 fully saturated rings. The van der Waals surface area contributed by atoms with Crippen molar-refractivity contribution < 1.29 is 26.1 Å². The van der Waals surface area contributed by atoms with Crippen molar-refractivity contribution in [1.29, 1.82) is 0 Å². The van der Waals surface area contributed by atoms with Crippen molar-refractivity contribution in [2.75, 3.05) is 6.54 Å². The molecule has 1 aromatic heterocycles. The Labute approximate surface area is 148 Å². The summed E-state index contributed by atoms with van der Waals surface area (Å²) in [6.07, 6.45) is -1.58. The van der Waals surface area contributed by atoms with Crippen LogP contribution in [0.2, 0.25) is 0 Å². The van der Waals surface area contributed by atoms with Crippen molar-refractivity contribution >= 4 is 10.0 Å². The highest BCUT2D eigenvalue weighted by Crippen LogP contribution is 2.41. The molecule has 4 rings (SSSR count). The maximum Gasteiger partial charge on any atom is 0.416 e. The molecule has 0 N–H and O–H groups in total. The van der Waals surface area contributed by atoms with E-state index in [2.05, 4.69) is 10.1 Å². The maximum absolute atomic E-state index is 12.9. The van der Waals surface area contributed by atoms with Crippen LogP contribution in [0.25, 0.3) is 0 Å². The number of alkyl halides is 3. The Kier molecular flexibility index (Phi) is 4.07. The van der Waals surface area contributed by atoms with E-state index in [4.69, 9.17) is 4.52 Å². The second-order valence-electron chi connectivity index (χ2n) is 6.56. The smallest absolute Gasteiger partial charge is 0.338 e. The van der Waals surface area contributed by atoms with E-state index in [0.717, 1.165) is 29.3 Å². The Morgan fingerprint density at radius 1 is 1.19 bits per heavy atom. The summed E-state index contributed by atoms with van der Waals surface area (Å²) < 4.78 is 71.0. The van der Waals surface area contributed by atoms with Crippen LogP contribution < -0.4 is 0 Å². The summed E-state index contributed by atoms with van der Waals surface area (Å²) in [5.41, 5.74) is -0.997. The lowest BCUT2D eigenvalue weighted by Crippen LogP contribution is -2.31. The van der Waals surface area contributed by atoms with E-state index in [-0.39, 0.29) is 23.2 Å². The molecule has 10 heteroatoms. The van der Waals surface area contributed by atoms with Gasteiger partial charge in [-0.2, -0.15) is 22.5 Å². The molecule has 1 unspecified atom stereocenters. The molecule has 0 amide bonds. The predicted octanol–water partition coefficient (Wildman–Crippen LogP) is 3.49.